The minimum atomic E-state index is 0.126. The second-order valence-electron chi connectivity index (χ2n) is 3.71. The molecule has 1 aromatic rings. The molecule has 0 aromatic heterocycles. The number of nitrogens with one attached hydrogen (secondary N) is 1. The van der Waals surface area contributed by atoms with Gasteiger partial charge in [0.1, 0.15) is 0 Å². The highest BCUT2D eigenvalue weighted by Gasteiger charge is 2.34. The van der Waals surface area contributed by atoms with Crippen molar-refractivity contribution in [2.75, 3.05) is 6.54 Å². The summed E-state index contributed by atoms with van der Waals surface area (Å²) in [5.41, 5.74) is 1.38. The van der Waals surface area contributed by atoms with Crippen LogP contribution in [0.3, 0.4) is 0 Å². The van der Waals surface area contributed by atoms with Gasteiger partial charge < -0.3 is 0 Å². The molecule has 2 rings (SSSR count). The predicted molar refractivity (Wildman–Crippen MR) is 58.8 cm³/mol. The second-order valence-corrected chi connectivity index (χ2v) is 5.57. The summed E-state index contributed by atoms with van der Waals surface area (Å²) in [5.74, 6) is 0. The molecule has 1 aliphatic heterocycles. The van der Waals surface area contributed by atoms with Gasteiger partial charge in [0.25, 0.3) is 0 Å². The Morgan fingerprint density at radius 1 is 1.38 bits per heavy atom. The van der Waals surface area contributed by atoms with Crippen LogP contribution in [-0.4, -0.2) is 11.8 Å². The maximum atomic E-state index is 3.56. The minimum Gasteiger partial charge on any atom is -0.298 e. The molecule has 1 aliphatic rings. The summed E-state index contributed by atoms with van der Waals surface area (Å²) in [4.78, 5) is 0.126. The largest absolute Gasteiger partial charge is 0.298 e. The van der Waals surface area contributed by atoms with Crippen molar-refractivity contribution in [3.05, 3.63) is 35.9 Å². The zero-order chi connectivity index (χ0) is 9.31. The third kappa shape index (κ3) is 1.74. The van der Waals surface area contributed by atoms with Crippen LogP contribution in [0.4, 0.5) is 0 Å². The highest BCUT2D eigenvalue weighted by molar-refractivity contribution is 8.01. The van der Waals surface area contributed by atoms with Gasteiger partial charge >= 0.3 is 0 Å². The van der Waals surface area contributed by atoms with Crippen molar-refractivity contribution in [1.29, 1.82) is 0 Å². The first kappa shape index (κ1) is 9.10. The summed E-state index contributed by atoms with van der Waals surface area (Å²) >= 11 is 2.01. The number of thioether (sulfide) groups is 1. The lowest BCUT2D eigenvalue weighted by Gasteiger charge is -2.24. The fourth-order valence-electron chi connectivity index (χ4n) is 1.75. The monoisotopic (exact) mass is 193 g/mol. The molecule has 2 heteroatoms. The summed E-state index contributed by atoms with van der Waals surface area (Å²) < 4.78 is 0. The lowest BCUT2D eigenvalue weighted by atomic mass is 10.1. The van der Waals surface area contributed by atoms with Gasteiger partial charge in [-0.2, -0.15) is 0 Å². The van der Waals surface area contributed by atoms with Gasteiger partial charge in [0.05, 0.1) is 4.87 Å². The Kier molecular flexibility index (Phi) is 2.35. The molecule has 0 bridgehead atoms. The summed E-state index contributed by atoms with van der Waals surface area (Å²) in [6.45, 7) is 5.64. The highest BCUT2D eigenvalue weighted by Crippen LogP contribution is 2.40. The van der Waals surface area contributed by atoms with E-state index in [0.29, 0.717) is 5.25 Å². The number of benzene rings is 1. The average molecular weight is 193 g/mol. The highest BCUT2D eigenvalue weighted by atomic mass is 32.2. The molecule has 1 heterocycles. The molecule has 0 aliphatic carbocycles. The SMILES string of the molecule is CC1CNC(C)(c2ccccc2)S1. The standard InChI is InChI=1S/C11H15NS/c1-9-8-12-11(2,13-9)10-6-4-3-5-7-10/h3-7,9,12H,8H2,1-2H3. The Hall–Kier alpha value is -0.470. The van der Waals surface area contributed by atoms with E-state index in [1.165, 1.54) is 5.56 Å². The Balaban J connectivity index is 2.26. The molecule has 1 fully saturated rings. The molecule has 0 saturated carbocycles. The first-order valence-corrected chi connectivity index (χ1v) is 5.57. The van der Waals surface area contributed by atoms with E-state index in [1.54, 1.807) is 0 Å². The van der Waals surface area contributed by atoms with Gasteiger partial charge in [-0.1, -0.05) is 37.3 Å². The van der Waals surface area contributed by atoms with Gasteiger partial charge in [-0.05, 0) is 12.5 Å². The van der Waals surface area contributed by atoms with Gasteiger partial charge in [-0.25, -0.2) is 0 Å². The molecular weight excluding hydrogens is 178 g/mol. The Labute approximate surface area is 83.9 Å². The fraction of sp³-hybridized carbons (Fsp3) is 0.455. The third-order valence-electron chi connectivity index (χ3n) is 2.49. The minimum absolute atomic E-state index is 0.126. The smallest absolute Gasteiger partial charge is 0.0876 e. The summed E-state index contributed by atoms with van der Waals surface area (Å²) in [5, 5.41) is 4.28. The Morgan fingerprint density at radius 3 is 2.62 bits per heavy atom. The van der Waals surface area contributed by atoms with E-state index in [4.69, 9.17) is 0 Å². The lowest BCUT2D eigenvalue weighted by molar-refractivity contribution is 0.564. The molecule has 70 valence electrons. The van der Waals surface area contributed by atoms with Crippen molar-refractivity contribution >= 4 is 11.8 Å². The quantitative estimate of drug-likeness (QED) is 0.735. The number of rotatable bonds is 1. The van der Waals surface area contributed by atoms with Crippen LogP contribution in [-0.2, 0) is 4.87 Å². The normalized spacial score (nSPS) is 33.5. The molecule has 2 unspecified atom stereocenters. The number of hydrogen-bond donors (Lipinski definition) is 1. The summed E-state index contributed by atoms with van der Waals surface area (Å²) in [7, 11) is 0. The molecule has 1 saturated heterocycles. The zero-order valence-corrected chi connectivity index (χ0v) is 8.90. The molecule has 0 spiro atoms. The van der Waals surface area contributed by atoms with E-state index in [1.807, 2.05) is 11.8 Å². The fourth-order valence-corrected chi connectivity index (χ4v) is 3.16. The van der Waals surface area contributed by atoms with Gasteiger partial charge in [0, 0.05) is 11.8 Å². The maximum absolute atomic E-state index is 3.56. The topological polar surface area (TPSA) is 12.0 Å². The molecule has 2 atom stereocenters. The number of hydrogen-bond acceptors (Lipinski definition) is 2. The first-order chi connectivity index (χ1) is 6.21. The van der Waals surface area contributed by atoms with Crippen molar-refractivity contribution in [1.82, 2.24) is 5.32 Å². The van der Waals surface area contributed by atoms with Crippen molar-refractivity contribution < 1.29 is 0 Å². The summed E-state index contributed by atoms with van der Waals surface area (Å²) in [6, 6.07) is 10.7. The Morgan fingerprint density at radius 2 is 2.08 bits per heavy atom. The van der Waals surface area contributed by atoms with Crippen LogP contribution in [0.15, 0.2) is 30.3 Å². The first-order valence-electron chi connectivity index (χ1n) is 4.69. The molecule has 1 aromatic carbocycles. The zero-order valence-electron chi connectivity index (χ0n) is 8.08. The van der Waals surface area contributed by atoms with Crippen LogP contribution < -0.4 is 5.32 Å². The maximum Gasteiger partial charge on any atom is 0.0876 e. The molecule has 13 heavy (non-hydrogen) atoms. The van der Waals surface area contributed by atoms with Crippen LogP contribution in [0, 0.1) is 0 Å². The molecular formula is C11H15NS. The van der Waals surface area contributed by atoms with E-state index >= 15 is 0 Å². The van der Waals surface area contributed by atoms with Crippen LogP contribution in [0.2, 0.25) is 0 Å². The third-order valence-corrected chi connectivity index (χ3v) is 3.91. The van der Waals surface area contributed by atoms with Crippen molar-refractivity contribution in [3.63, 3.8) is 0 Å². The molecule has 0 amide bonds. The van der Waals surface area contributed by atoms with Crippen LogP contribution in [0.25, 0.3) is 0 Å². The van der Waals surface area contributed by atoms with E-state index in [2.05, 4.69) is 49.5 Å². The predicted octanol–water partition coefficient (Wildman–Crippen LogP) is 2.58. The van der Waals surface area contributed by atoms with Crippen LogP contribution >= 0.6 is 11.8 Å². The van der Waals surface area contributed by atoms with Gasteiger partial charge in [0.2, 0.25) is 0 Å². The average Bonchev–Trinajstić information content (AvgIpc) is 2.49. The molecule has 0 radical (unpaired) electrons. The summed E-state index contributed by atoms with van der Waals surface area (Å²) in [6.07, 6.45) is 0. The van der Waals surface area contributed by atoms with Gasteiger partial charge in [-0.3, -0.25) is 5.32 Å². The van der Waals surface area contributed by atoms with E-state index in [-0.39, 0.29) is 4.87 Å². The van der Waals surface area contributed by atoms with Gasteiger partial charge in [0.15, 0.2) is 0 Å². The van der Waals surface area contributed by atoms with Crippen molar-refractivity contribution in [2.45, 2.75) is 24.0 Å². The van der Waals surface area contributed by atoms with E-state index in [9.17, 15) is 0 Å². The Bertz CT molecular complexity index is 285. The van der Waals surface area contributed by atoms with Crippen LogP contribution in [0.5, 0.6) is 0 Å². The van der Waals surface area contributed by atoms with Gasteiger partial charge in [-0.15, -0.1) is 11.8 Å². The molecule has 1 nitrogen and oxygen atoms in total. The second kappa shape index (κ2) is 3.35. The molecule has 1 N–H and O–H groups in total. The van der Waals surface area contributed by atoms with Crippen molar-refractivity contribution in [3.8, 4) is 0 Å². The lowest BCUT2D eigenvalue weighted by Crippen LogP contribution is -2.30. The van der Waals surface area contributed by atoms with E-state index < -0.39 is 0 Å². The van der Waals surface area contributed by atoms with E-state index in [0.717, 1.165) is 6.54 Å². The van der Waals surface area contributed by atoms with Crippen molar-refractivity contribution in [2.24, 2.45) is 0 Å². The van der Waals surface area contributed by atoms with Crippen LogP contribution in [0.1, 0.15) is 19.4 Å².